The van der Waals surface area contributed by atoms with E-state index in [1.54, 1.807) is 0 Å². The third-order valence-electron chi connectivity index (χ3n) is 15.6. The Balaban J connectivity index is 1.19. The molecule has 6 unspecified atom stereocenters. The molecule has 0 saturated carbocycles. The van der Waals surface area contributed by atoms with Crippen molar-refractivity contribution in [2.75, 3.05) is 0 Å². The lowest BCUT2D eigenvalue weighted by atomic mass is 9.59. The standard InChI is InChI=1S/C72H73/c1-9-26-57(27-10-1)44-45-65-42-25-43-66(50-65)47-49-68(52-60-32-15-4-16-33-60)70(54-62-36-19-6-20-37-62)72(56-64-40-23-8-24-41-64)71(55-63-38-21-7-22-39-63)69(53-61-34-17-5-18-35-61)67(51-59-30-13-3-14-31-59)48-46-58-28-11-2-12-29-58/h1-43,48,50,67-72H,44-47,49,51-56H2. The van der Waals surface area contributed by atoms with Crippen LogP contribution >= 0.6 is 0 Å². The van der Waals surface area contributed by atoms with E-state index in [-0.39, 0.29) is 0 Å². The lowest BCUT2D eigenvalue weighted by Gasteiger charge is -2.45. The maximum Gasteiger partial charge on any atom is -0.0238 e. The highest BCUT2D eigenvalue weighted by Gasteiger charge is 2.41. The minimum absolute atomic E-state index is 0.323. The van der Waals surface area contributed by atoms with Gasteiger partial charge in [-0.2, -0.15) is 0 Å². The van der Waals surface area contributed by atoms with E-state index in [0.29, 0.717) is 35.5 Å². The monoisotopic (exact) mass is 938 g/mol. The second-order valence-corrected chi connectivity index (χ2v) is 20.5. The lowest BCUT2D eigenvalue weighted by Crippen LogP contribution is -2.41. The molecule has 0 saturated heterocycles. The van der Waals surface area contributed by atoms with Crippen molar-refractivity contribution in [3.63, 3.8) is 0 Å². The zero-order valence-electron chi connectivity index (χ0n) is 42.2. The number of hydrogen-bond donors (Lipinski definition) is 0. The van der Waals surface area contributed by atoms with Crippen LogP contribution in [0.2, 0.25) is 0 Å². The Morgan fingerprint density at radius 3 is 0.986 bits per heavy atom. The quantitative estimate of drug-likeness (QED) is 0.0507. The summed E-state index contributed by atoms with van der Waals surface area (Å²) in [5.41, 5.74) is 14.3. The Morgan fingerprint density at radius 2 is 0.542 bits per heavy atom. The second kappa shape index (κ2) is 27.0. The average Bonchev–Trinajstić information content (AvgIpc) is 3.45. The van der Waals surface area contributed by atoms with Gasteiger partial charge in [0.1, 0.15) is 0 Å². The third-order valence-corrected chi connectivity index (χ3v) is 15.6. The molecule has 0 fully saturated rings. The first-order chi connectivity index (χ1) is 35.7. The fourth-order valence-corrected chi connectivity index (χ4v) is 11.9. The number of aryl methyl sites for hydroxylation is 3. The molecule has 0 aromatic heterocycles. The van der Waals surface area contributed by atoms with Gasteiger partial charge in [-0.1, -0.05) is 267 Å². The maximum atomic E-state index is 2.73. The Bertz CT molecular complexity index is 2840. The summed E-state index contributed by atoms with van der Waals surface area (Å²) in [5, 5.41) is 0. The van der Waals surface area contributed by atoms with Crippen LogP contribution < -0.4 is 0 Å². The van der Waals surface area contributed by atoms with E-state index >= 15 is 0 Å². The van der Waals surface area contributed by atoms with E-state index in [1.165, 1.54) is 55.6 Å². The molecule has 0 bridgehead atoms. The van der Waals surface area contributed by atoms with Gasteiger partial charge in [0.15, 0.2) is 0 Å². The molecule has 9 aromatic carbocycles. The fourth-order valence-electron chi connectivity index (χ4n) is 11.9. The summed E-state index contributed by atoms with van der Waals surface area (Å²) in [6, 6.07) is 101. The molecule has 361 valence electrons. The van der Waals surface area contributed by atoms with E-state index < -0.39 is 0 Å². The molecule has 0 aliphatic carbocycles. The van der Waals surface area contributed by atoms with Crippen LogP contribution in [0.25, 0.3) is 0 Å². The highest BCUT2D eigenvalue weighted by atomic mass is 14.5. The molecule has 0 aliphatic rings. The van der Waals surface area contributed by atoms with Crippen LogP contribution in [0.15, 0.2) is 267 Å². The average molecular weight is 938 g/mol. The van der Waals surface area contributed by atoms with Gasteiger partial charge in [-0.15, -0.1) is 0 Å². The summed E-state index contributed by atoms with van der Waals surface area (Å²) in [7, 11) is 0. The van der Waals surface area contributed by atoms with Crippen molar-refractivity contribution in [3.05, 3.63) is 329 Å². The van der Waals surface area contributed by atoms with E-state index in [9.17, 15) is 0 Å². The molecule has 0 aliphatic heterocycles. The Hall–Kier alpha value is -7.02. The normalized spacial score (nSPS) is 13.9. The highest BCUT2D eigenvalue weighted by molar-refractivity contribution is 5.29. The maximum absolute atomic E-state index is 2.73. The van der Waals surface area contributed by atoms with Crippen LogP contribution in [-0.2, 0) is 64.2 Å². The lowest BCUT2D eigenvalue weighted by molar-refractivity contribution is 0.0863. The minimum Gasteiger partial charge on any atom is -0.0622 e. The Labute approximate surface area is 432 Å². The van der Waals surface area contributed by atoms with Gasteiger partial charge in [0.05, 0.1) is 0 Å². The molecule has 0 N–H and O–H groups in total. The smallest absolute Gasteiger partial charge is 0.0238 e. The molecule has 0 heteroatoms. The summed E-state index contributed by atoms with van der Waals surface area (Å²) in [6.07, 6.45) is 14.1. The molecule has 0 nitrogen and oxygen atoms in total. The third kappa shape index (κ3) is 15.2. The largest absolute Gasteiger partial charge is 0.0622 e. The number of benzene rings is 9. The van der Waals surface area contributed by atoms with Gasteiger partial charge in [-0.05, 0) is 168 Å². The first-order valence-corrected chi connectivity index (χ1v) is 26.9. The van der Waals surface area contributed by atoms with Crippen LogP contribution in [0, 0.1) is 41.9 Å². The summed E-state index contributed by atoms with van der Waals surface area (Å²) < 4.78 is 0. The van der Waals surface area contributed by atoms with Crippen molar-refractivity contribution in [1.82, 2.24) is 0 Å². The van der Waals surface area contributed by atoms with Crippen LogP contribution in [0.4, 0.5) is 0 Å². The topological polar surface area (TPSA) is 0 Å². The highest BCUT2D eigenvalue weighted by Crippen LogP contribution is 2.45. The molecule has 72 heavy (non-hydrogen) atoms. The molecule has 9 rings (SSSR count). The molecule has 0 heterocycles. The van der Waals surface area contributed by atoms with Crippen molar-refractivity contribution in [2.45, 2.75) is 70.6 Å². The van der Waals surface area contributed by atoms with E-state index in [2.05, 4.69) is 273 Å². The van der Waals surface area contributed by atoms with Crippen molar-refractivity contribution >= 4 is 0 Å². The Kier molecular flexibility index (Phi) is 18.7. The predicted octanol–water partition coefficient (Wildman–Crippen LogP) is 17.0. The SMILES string of the molecule is [CH](Cc1ccccc1)C(Cc1ccccc1)C(Cc1ccccc1)C(Cc1ccccc1)C(Cc1ccccc1)C(Cc1ccccc1)C(CCc1cccc(CCc2ccccc2)c1)Cc1ccccc1. The first kappa shape index (κ1) is 49.9. The molecule has 0 amide bonds. The van der Waals surface area contributed by atoms with E-state index in [1.807, 2.05) is 0 Å². The van der Waals surface area contributed by atoms with Crippen LogP contribution in [-0.4, -0.2) is 0 Å². The molecule has 6 atom stereocenters. The molecular weight excluding hydrogens is 865 g/mol. The first-order valence-electron chi connectivity index (χ1n) is 26.9. The van der Waals surface area contributed by atoms with Crippen LogP contribution in [0.5, 0.6) is 0 Å². The molecular formula is C72H73. The van der Waals surface area contributed by atoms with Gasteiger partial charge in [-0.3, -0.25) is 0 Å². The summed E-state index contributed by atoms with van der Waals surface area (Å²) in [6.45, 7) is 0. The van der Waals surface area contributed by atoms with Crippen LogP contribution in [0.1, 0.15) is 62.1 Å². The fraction of sp³-hybridized carbons (Fsp3) is 0.236. The molecule has 1 radical (unpaired) electrons. The molecule has 9 aromatic rings. The van der Waals surface area contributed by atoms with Crippen molar-refractivity contribution in [1.29, 1.82) is 0 Å². The van der Waals surface area contributed by atoms with E-state index in [4.69, 9.17) is 0 Å². The van der Waals surface area contributed by atoms with Crippen LogP contribution in [0.3, 0.4) is 0 Å². The summed E-state index contributed by atoms with van der Waals surface area (Å²) in [4.78, 5) is 0. The van der Waals surface area contributed by atoms with Crippen molar-refractivity contribution in [3.8, 4) is 0 Å². The zero-order chi connectivity index (χ0) is 48.8. The van der Waals surface area contributed by atoms with Gasteiger partial charge in [0.25, 0.3) is 0 Å². The number of rotatable bonds is 26. The minimum atomic E-state index is 0.323. The summed E-state index contributed by atoms with van der Waals surface area (Å²) >= 11 is 0. The number of hydrogen-bond acceptors (Lipinski definition) is 0. The van der Waals surface area contributed by atoms with Gasteiger partial charge in [0, 0.05) is 0 Å². The van der Waals surface area contributed by atoms with Crippen molar-refractivity contribution in [2.24, 2.45) is 35.5 Å². The predicted molar refractivity (Wildman–Crippen MR) is 305 cm³/mol. The van der Waals surface area contributed by atoms with Gasteiger partial charge in [-0.25, -0.2) is 0 Å². The Morgan fingerprint density at radius 1 is 0.236 bits per heavy atom. The van der Waals surface area contributed by atoms with Gasteiger partial charge >= 0.3 is 0 Å². The molecule has 0 spiro atoms. The second-order valence-electron chi connectivity index (χ2n) is 20.5. The van der Waals surface area contributed by atoms with Gasteiger partial charge < -0.3 is 0 Å². The van der Waals surface area contributed by atoms with Crippen molar-refractivity contribution < 1.29 is 0 Å². The summed E-state index contributed by atoms with van der Waals surface area (Å²) in [5.74, 6) is 2.18. The zero-order valence-corrected chi connectivity index (χ0v) is 42.2. The van der Waals surface area contributed by atoms with Gasteiger partial charge in [0.2, 0.25) is 0 Å². The van der Waals surface area contributed by atoms with E-state index in [0.717, 1.165) is 70.6 Å².